The summed E-state index contributed by atoms with van der Waals surface area (Å²) in [5, 5.41) is 12.3. The van der Waals surface area contributed by atoms with E-state index in [-0.39, 0.29) is 0 Å². The molecule has 0 saturated carbocycles. The van der Waals surface area contributed by atoms with Gasteiger partial charge in [0.25, 0.3) is 0 Å². The molecule has 0 radical (unpaired) electrons. The zero-order valence-corrected chi connectivity index (χ0v) is 13.3. The first-order valence-electron chi connectivity index (χ1n) is 7.00. The van der Waals surface area contributed by atoms with E-state index in [9.17, 15) is 0 Å². The SMILES string of the molecule is Cc1ccc(OCCCSc2nnnn2CCN)cc1C. The summed E-state index contributed by atoms with van der Waals surface area (Å²) < 4.78 is 7.48. The number of aryl methyl sites for hydroxylation is 2. The van der Waals surface area contributed by atoms with Crippen molar-refractivity contribution >= 4 is 11.8 Å². The van der Waals surface area contributed by atoms with Crippen LogP contribution < -0.4 is 10.5 Å². The van der Waals surface area contributed by atoms with Crippen LogP contribution in [0.3, 0.4) is 0 Å². The molecule has 0 saturated heterocycles. The lowest BCUT2D eigenvalue weighted by molar-refractivity contribution is 0.318. The third kappa shape index (κ3) is 4.71. The predicted octanol–water partition coefficient (Wildman–Crippen LogP) is 1.81. The summed E-state index contributed by atoms with van der Waals surface area (Å²) in [4.78, 5) is 0. The molecule has 0 aliphatic carbocycles. The van der Waals surface area contributed by atoms with Gasteiger partial charge in [0, 0.05) is 12.3 Å². The number of nitrogens with two attached hydrogens (primary N) is 1. The Hall–Kier alpha value is -1.60. The van der Waals surface area contributed by atoms with Gasteiger partial charge in [0.2, 0.25) is 5.16 Å². The molecule has 0 atom stereocenters. The van der Waals surface area contributed by atoms with Crippen LogP contribution in [-0.2, 0) is 6.54 Å². The van der Waals surface area contributed by atoms with E-state index >= 15 is 0 Å². The molecule has 2 aromatic rings. The number of benzene rings is 1. The van der Waals surface area contributed by atoms with Gasteiger partial charge in [-0.2, -0.15) is 0 Å². The van der Waals surface area contributed by atoms with Gasteiger partial charge in [-0.25, -0.2) is 4.68 Å². The zero-order chi connectivity index (χ0) is 15.1. The molecule has 1 heterocycles. The van der Waals surface area contributed by atoms with Crippen molar-refractivity contribution in [2.75, 3.05) is 18.9 Å². The average molecular weight is 307 g/mol. The highest BCUT2D eigenvalue weighted by Gasteiger charge is 2.05. The highest BCUT2D eigenvalue weighted by molar-refractivity contribution is 7.99. The van der Waals surface area contributed by atoms with E-state index in [2.05, 4.69) is 41.5 Å². The lowest BCUT2D eigenvalue weighted by Gasteiger charge is -2.08. The van der Waals surface area contributed by atoms with Crippen LogP contribution in [-0.4, -0.2) is 39.1 Å². The monoisotopic (exact) mass is 307 g/mol. The average Bonchev–Trinajstić information content (AvgIpc) is 2.90. The normalized spacial score (nSPS) is 10.8. The maximum absolute atomic E-state index is 5.75. The second kappa shape index (κ2) is 7.99. The number of hydrogen-bond acceptors (Lipinski definition) is 6. The lowest BCUT2D eigenvalue weighted by Crippen LogP contribution is -2.12. The van der Waals surface area contributed by atoms with Crippen molar-refractivity contribution in [2.24, 2.45) is 5.73 Å². The Bertz CT molecular complexity index is 572. The van der Waals surface area contributed by atoms with Gasteiger partial charge in [0.15, 0.2) is 0 Å². The number of ether oxygens (including phenoxy) is 1. The van der Waals surface area contributed by atoms with Crippen molar-refractivity contribution < 1.29 is 4.74 Å². The minimum absolute atomic E-state index is 0.536. The summed E-state index contributed by atoms with van der Waals surface area (Å²) in [5.41, 5.74) is 8.04. The number of thioether (sulfide) groups is 1. The molecule has 0 fully saturated rings. The third-order valence-corrected chi connectivity index (χ3v) is 4.15. The first kappa shape index (κ1) is 15.8. The number of rotatable bonds is 8. The smallest absolute Gasteiger partial charge is 0.209 e. The van der Waals surface area contributed by atoms with Gasteiger partial charge in [0.05, 0.1) is 13.2 Å². The molecule has 0 aliphatic rings. The van der Waals surface area contributed by atoms with Gasteiger partial charge in [-0.3, -0.25) is 0 Å². The van der Waals surface area contributed by atoms with Gasteiger partial charge in [0.1, 0.15) is 5.75 Å². The summed E-state index contributed by atoms with van der Waals surface area (Å²) in [7, 11) is 0. The minimum atomic E-state index is 0.536. The summed E-state index contributed by atoms with van der Waals surface area (Å²) in [6.45, 7) is 6.06. The van der Waals surface area contributed by atoms with E-state index in [1.807, 2.05) is 6.07 Å². The van der Waals surface area contributed by atoms with Gasteiger partial charge in [-0.15, -0.1) is 5.10 Å². The molecule has 7 heteroatoms. The second-order valence-corrected chi connectivity index (χ2v) is 5.83. The number of aromatic nitrogens is 4. The molecular weight excluding hydrogens is 286 g/mol. The fourth-order valence-electron chi connectivity index (χ4n) is 1.78. The number of nitrogens with zero attached hydrogens (tertiary/aromatic N) is 4. The maximum Gasteiger partial charge on any atom is 0.209 e. The Morgan fingerprint density at radius 3 is 2.90 bits per heavy atom. The molecule has 1 aromatic carbocycles. The summed E-state index contributed by atoms with van der Waals surface area (Å²) in [6.07, 6.45) is 0.938. The van der Waals surface area contributed by atoms with Gasteiger partial charge in [-0.1, -0.05) is 17.8 Å². The van der Waals surface area contributed by atoms with Gasteiger partial charge < -0.3 is 10.5 Å². The van der Waals surface area contributed by atoms with E-state index in [1.165, 1.54) is 11.1 Å². The Labute approximate surface area is 129 Å². The molecule has 0 unspecified atom stereocenters. The highest BCUT2D eigenvalue weighted by Crippen LogP contribution is 2.18. The zero-order valence-electron chi connectivity index (χ0n) is 12.5. The Morgan fingerprint density at radius 1 is 1.29 bits per heavy atom. The van der Waals surface area contributed by atoms with Crippen molar-refractivity contribution in [3.63, 3.8) is 0 Å². The number of tetrazole rings is 1. The lowest BCUT2D eigenvalue weighted by atomic mass is 10.1. The van der Waals surface area contributed by atoms with E-state index in [1.54, 1.807) is 16.4 Å². The van der Waals surface area contributed by atoms with Crippen LogP contribution in [0.5, 0.6) is 5.75 Å². The number of hydrogen-bond donors (Lipinski definition) is 1. The first-order valence-corrected chi connectivity index (χ1v) is 7.98. The molecule has 114 valence electrons. The fraction of sp³-hybridized carbons (Fsp3) is 0.500. The Morgan fingerprint density at radius 2 is 2.14 bits per heavy atom. The van der Waals surface area contributed by atoms with Crippen molar-refractivity contribution in [3.8, 4) is 5.75 Å². The molecule has 6 nitrogen and oxygen atoms in total. The van der Waals surface area contributed by atoms with Crippen LogP contribution >= 0.6 is 11.8 Å². The molecule has 1 aromatic heterocycles. The van der Waals surface area contributed by atoms with Crippen LogP contribution in [0.15, 0.2) is 23.4 Å². The summed E-state index contributed by atoms with van der Waals surface area (Å²) >= 11 is 1.63. The van der Waals surface area contributed by atoms with E-state index < -0.39 is 0 Å². The predicted molar refractivity (Wildman–Crippen MR) is 83.6 cm³/mol. The van der Waals surface area contributed by atoms with Crippen molar-refractivity contribution in [2.45, 2.75) is 32.0 Å². The molecule has 0 aliphatic heterocycles. The van der Waals surface area contributed by atoms with Crippen LogP contribution in [0, 0.1) is 13.8 Å². The minimum Gasteiger partial charge on any atom is -0.494 e. The van der Waals surface area contributed by atoms with Gasteiger partial charge >= 0.3 is 0 Å². The van der Waals surface area contributed by atoms with Crippen LogP contribution in [0.1, 0.15) is 17.5 Å². The van der Waals surface area contributed by atoms with Crippen LogP contribution in [0.4, 0.5) is 0 Å². The molecule has 2 N–H and O–H groups in total. The van der Waals surface area contributed by atoms with Crippen molar-refractivity contribution in [1.29, 1.82) is 0 Å². The topological polar surface area (TPSA) is 78.9 Å². The standard InChI is InChI=1S/C14H21N5OS/c1-11-4-5-13(10-12(11)2)20-8-3-9-21-14-16-17-18-19(14)7-6-15/h4-5,10H,3,6-9,15H2,1-2H3. The van der Waals surface area contributed by atoms with Crippen LogP contribution in [0.25, 0.3) is 0 Å². The van der Waals surface area contributed by atoms with E-state index in [4.69, 9.17) is 10.5 Å². The maximum atomic E-state index is 5.75. The highest BCUT2D eigenvalue weighted by atomic mass is 32.2. The first-order chi connectivity index (χ1) is 10.2. The largest absolute Gasteiger partial charge is 0.494 e. The van der Waals surface area contributed by atoms with E-state index in [0.717, 1.165) is 23.1 Å². The third-order valence-electron chi connectivity index (χ3n) is 3.11. The van der Waals surface area contributed by atoms with Crippen molar-refractivity contribution in [1.82, 2.24) is 20.2 Å². The molecule has 0 bridgehead atoms. The Balaban J connectivity index is 1.70. The van der Waals surface area contributed by atoms with Crippen molar-refractivity contribution in [3.05, 3.63) is 29.3 Å². The van der Waals surface area contributed by atoms with E-state index in [0.29, 0.717) is 19.7 Å². The fourth-order valence-corrected chi connectivity index (χ4v) is 2.59. The Kier molecular flexibility index (Phi) is 6.01. The molecule has 21 heavy (non-hydrogen) atoms. The summed E-state index contributed by atoms with van der Waals surface area (Å²) in [5.74, 6) is 1.84. The van der Waals surface area contributed by atoms with Gasteiger partial charge in [-0.05, 0) is 54.0 Å². The molecular formula is C14H21N5OS. The van der Waals surface area contributed by atoms with Crippen LogP contribution in [0.2, 0.25) is 0 Å². The molecule has 2 rings (SSSR count). The summed E-state index contributed by atoms with van der Waals surface area (Å²) in [6, 6.07) is 6.17. The quantitative estimate of drug-likeness (QED) is 0.592. The molecule has 0 amide bonds. The molecule has 0 spiro atoms. The second-order valence-electron chi connectivity index (χ2n) is 4.77.